The number of aromatic amines is 1. The van der Waals surface area contributed by atoms with Crippen LogP contribution in [0.15, 0.2) is 48.5 Å². The number of para-hydroxylation sites is 1. The van der Waals surface area contributed by atoms with Crippen LogP contribution in [0.1, 0.15) is 28.8 Å². The summed E-state index contributed by atoms with van der Waals surface area (Å²) in [6.07, 6.45) is 3.38. The SMILES string of the molecule is Cc1ccccc1CC(=O)NC1CCc2[nH]c3ccccc3c2C1. The lowest BCUT2D eigenvalue weighted by molar-refractivity contribution is -0.121. The highest BCUT2D eigenvalue weighted by Crippen LogP contribution is 2.29. The molecule has 0 spiro atoms. The normalized spacial score (nSPS) is 16.8. The van der Waals surface area contributed by atoms with E-state index in [0.717, 1.165) is 24.8 Å². The van der Waals surface area contributed by atoms with Crippen LogP contribution in [0, 0.1) is 6.92 Å². The molecule has 2 N–H and O–H groups in total. The molecule has 0 bridgehead atoms. The van der Waals surface area contributed by atoms with Gasteiger partial charge in [0.1, 0.15) is 0 Å². The number of aryl methyl sites for hydroxylation is 2. The number of benzene rings is 2. The second-order valence-corrected chi connectivity index (χ2v) is 6.74. The summed E-state index contributed by atoms with van der Waals surface area (Å²) in [6, 6.07) is 16.8. The molecule has 24 heavy (non-hydrogen) atoms. The lowest BCUT2D eigenvalue weighted by atomic mass is 9.91. The van der Waals surface area contributed by atoms with Gasteiger partial charge in [0, 0.05) is 22.6 Å². The zero-order chi connectivity index (χ0) is 16.5. The van der Waals surface area contributed by atoms with Gasteiger partial charge >= 0.3 is 0 Å². The van der Waals surface area contributed by atoms with Crippen molar-refractivity contribution < 1.29 is 4.79 Å². The van der Waals surface area contributed by atoms with Crippen LogP contribution < -0.4 is 5.32 Å². The summed E-state index contributed by atoms with van der Waals surface area (Å²) in [5.74, 6) is 0.123. The van der Waals surface area contributed by atoms with Gasteiger partial charge in [0.25, 0.3) is 0 Å². The number of rotatable bonds is 3. The summed E-state index contributed by atoms with van der Waals surface area (Å²) in [4.78, 5) is 16.0. The number of H-pyrrole nitrogens is 1. The predicted molar refractivity (Wildman–Crippen MR) is 97.1 cm³/mol. The van der Waals surface area contributed by atoms with Crippen molar-refractivity contribution in [2.24, 2.45) is 0 Å². The van der Waals surface area contributed by atoms with Gasteiger partial charge in [-0.05, 0) is 48.9 Å². The van der Waals surface area contributed by atoms with Crippen molar-refractivity contribution in [2.45, 2.75) is 38.6 Å². The highest BCUT2D eigenvalue weighted by molar-refractivity contribution is 5.85. The zero-order valence-corrected chi connectivity index (χ0v) is 13.9. The van der Waals surface area contributed by atoms with Crippen molar-refractivity contribution >= 4 is 16.8 Å². The number of carbonyl (C=O) groups is 1. The Morgan fingerprint density at radius 3 is 2.83 bits per heavy atom. The minimum absolute atomic E-state index is 0.123. The molecule has 3 nitrogen and oxygen atoms in total. The van der Waals surface area contributed by atoms with Crippen molar-refractivity contribution in [1.82, 2.24) is 10.3 Å². The fourth-order valence-electron chi connectivity index (χ4n) is 3.75. The fraction of sp³-hybridized carbons (Fsp3) is 0.286. The summed E-state index contributed by atoms with van der Waals surface area (Å²) in [7, 11) is 0. The molecule has 3 heteroatoms. The largest absolute Gasteiger partial charge is 0.358 e. The molecule has 1 atom stereocenters. The molecule has 0 saturated carbocycles. The number of hydrogen-bond acceptors (Lipinski definition) is 1. The average molecular weight is 318 g/mol. The Kier molecular flexibility index (Phi) is 3.85. The second kappa shape index (κ2) is 6.16. The molecule has 0 radical (unpaired) electrons. The van der Waals surface area contributed by atoms with E-state index in [9.17, 15) is 4.79 Å². The van der Waals surface area contributed by atoms with Gasteiger partial charge in [-0.3, -0.25) is 4.79 Å². The molecule has 1 heterocycles. The Morgan fingerprint density at radius 2 is 1.96 bits per heavy atom. The Bertz CT molecular complexity index is 894. The lowest BCUT2D eigenvalue weighted by Crippen LogP contribution is -2.39. The van der Waals surface area contributed by atoms with Crippen LogP contribution in [0.4, 0.5) is 0 Å². The van der Waals surface area contributed by atoms with E-state index < -0.39 is 0 Å². The van der Waals surface area contributed by atoms with Crippen molar-refractivity contribution in [3.8, 4) is 0 Å². The standard InChI is InChI=1S/C21H22N2O/c1-14-6-2-3-7-15(14)12-21(24)22-16-10-11-20-18(13-16)17-8-4-5-9-19(17)23-20/h2-9,16,23H,10-13H2,1H3,(H,22,24). The molecule has 3 aromatic rings. The van der Waals surface area contributed by atoms with Crippen LogP contribution in [-0.2, 0) is 24.1 Å². The van der Waals surface area contributed by atoms with Gasteiger partial charge in [0.05, 0.1) is 6.42 Å². The third-order valence-corrected chi connectivity index (χ3v) is 5.07. The lowest BCUT2D eigenvalue weighted by Gasteiger charge is -2.24. The van der Waals surface area contributed by atoms with Gasteiger partial charge in [-0.25, -0.2) is 0 Å². The maximum Gasteiger partial charge on any atom is 0.224 e. The monoisotopic (exact) mass is 318 g/mol. The van der Waals surface area contributed by atoms with E-state index in [1.165, 1.54) is 27.7 Å². The van der Waals surface area contributed by atoms with Gasteiger partial charge in [-0.2, -0.15) is 0 Å². The van der Waals surface area contributed by atoms with E-state index in [0.29, 0.717) is 6.42 Å². The molecule has 1 aromatic heterocycles. The minimum atomic E-state index is 0.123. The number of amides is 1. The molecule has 1 aliphatic carbocycles. The zero-order valence-electron chi connectivity index (χ0n) is 13.9. The highest BCUT2D eigenvalue weighted by Gasteiger charge is 2.23. The Balaban J connectivity index is 1.47. The molecule has 1 aliphatic rings. The van der Waals surface area contributed by atoms with E-state index in [-0.39, 0.29) is 11.9 Å². The Hall–Kier alpha value is -2.55. The smallest absolute Gasteiger partial charge is 0.224 e. The third-order valence-electron chi connectivity index (χ3n) is 5.07. The van der Waals surface area contributed by atoms with Gasteiger partial charge in [0.15, 0.2) is 0 Å². The van der Waals surface area contributed by atoms with E-state index in [1.807, 2.05) is 18.2 Å². The van der Waals surface area contributed by atoms with E-state index >= 15 is 0 Å². The van der Waals surface area contributed by atoms with E-state index in [1.54, 1.807) is 0 Å². The second-order valence-electron chi connectivity index (χ2n) is 6.74. The molecule has 0 saturated heterocycles. The van der Waals surface area contributed by atoms with Crippen LogP contribution in [-0.4, -0.2) is 16.9 Å². The number of aromatic nitrogens is 1. The van der Waals surface area contributed by atoms with Crippen LogP contribution in [0.3, 0.4) is 0 Å². The van der Waals surface area contributed by atoms with Crippen molar-refractivity contribution in [2.75, 3.05) is 0 Å². The molecule has 4 rings (SSSR count). The van der Waals surface area contributed by atoms with Crippen LogP contribution in [0.25, 0.3) is 10.9 Å². The van der Waals surface area contributed by atoms with Crippen molar-refractivity contribution in [1.29, 1.82) is 0 Å². The number of fused-ring (bicyclic) bond motifs is 3. The number of nitrogens with one attached hydrogen (secondary N) is 2. The highest BCUT2D eigenvalue weighted by atomic mass is 16.1. The molecule has 0 aliphatic heterocycles. The molecular weight excluding hydrogens is 296 g/mol. The summed E-state index contributed by atoms with van der Waals surface area (Å²) in [5, 5.41) is 4.53. The summed E-state index contributed by atoms with van der Waals surface area (Å²) in [6.45, 7) is 2.06. The maximum atomic E-state index is 12.4. The molecular formula is C21H22N2O. The van der Waals surface area contributed by atoms with Crippen LogP contribution in [0.5, 0.6) is 0 Å². The molecule has 1 amide bonds. The number of carbonyl (C=O) groups excluding carboxylic acids is 1. The first-order valence-corrected chi connectivity index (χ1v) is 8.63. The summed E-state index contributed by atoms with van der Waals surface area (Å²) in [5.41, 5.74) is 6.20. The molecule has 122 valence electrons. The quantitative estimate of drug-likeness (QED) is 0.760. The van der Waals surface area contributed by atoms with Gasteiger partial charge in [-0.1, -0.05) is 42.5 Å². The van der Waals surface area contributed by atoms with E-state index in [2.05, 4.69) is 47.6 Å². The predicted octanol–water partition coefficient (Wildman–Crippen LogP) is 3.69. The molecule has 1 unspecified atom stereocenters. The average Bonchev–Trinajstić information content (AvgIpc) is 2.95. The minimum Gasteiger partial charge on any atom is -0.358 e. The fourth-order valence-corrected chi connectivity index (χ4v) is 3.75. The molecule has 2 aromatic carbocycles. The number of hydrogen-bond donors (Lipinski definition) is 2. The Labute approximate surface area is 142 Å². The van der Waals surface area contributed by atoms with Crippen molar-refractivity contribution in [3.05, 3.63) is 70.9 Å². The van der Waals surface area contributed by atoms with Crippen molar-refractivity contribution in [3.63, 3.8) is 0 Å². The Morgan fingerprint density at radius 1 is 1.17 bits per heavy atom. The third kappa shape index (κ3) is 2.82. The van der Waals surface area contributed by atoms with Crippen LogP contribution in [0.2, 0.25) is 0 Å². The van der Waals surface area contributed by atoms with Gasteiger partial charge < -0.3 is 10.3 Å². The van der Waals surface area contributed by atoms with Gasteiger partial charge in [-0.15, -0.1) is 0 Å². The van der Waals surface area contributed by atoms with E-state index in [4.69, 9.17) is 0 Å². The topological polar surface area (TPSA) is 44.9 Å². The first-order valence-electron chi connectivity index (χ1n) is 8.63. The molecule has 0 fully saturated rings. The van der Waals surface area contributed by atoms with Gasteiger partial charge in [0.2, 0.25) is 5.91 Å². The maximum absolute atomic E-state index is 12.4. The summed E-state index contributed by atoms with van der Waals surface area (Å²) < 4.78 is 0. The first kappa shape index (κ1) is 15.0. The first-order chi connectivity index (χ1) is 11.7. The summed E-state index contributed by atoms with van der Waals surface area (Å²) >= 11 is 0. The van der Waals surface area contributed by atoms with Crippen LogP contribution >= 0.6 is 0 Å².